The highest BCUT2D eigenvalue weighted by atomic mass is 79.9. The van der Waals surface area contributed by atoms with Crippen LogP contribution in [0.5, 0.6) is 0 Å². The molecule has 7 nitrogen and oxygen atoms in total. The van der Waals surface area contributed by atoms with Crippen LogP contribution in [0.3, 0.4) is 0 Å². The fourth-order valence-electron chi connectivity index (χ4n) is 2.67. The van der Waals surface area contributed by atoms with Crippen LogP contribution in [0, 0.1) is 0 Å². The zero-order valence-corrected chi connectivity index (χ0v) is 16.3. The van der Waals surface area contributed by atoms with Crippen molar-refractivity contribution in [3.63, 3.8) is 0 Å². The van der Waals surface area contributed by atoms with Crippen LogP contribution < -0.4 is 10.5 Å². The lowest BCUT2D eigenvalue weighted by molar-refractivity contribution is 0.601. The Morgan fingerprint density at radius 3 is 2.63 bits per heavy atom. The maximum Gasteiger partial charge on any atom is 0.261 e. The third kappa shape index (κ3) is 3.64. The molecule has 9 heteroatoms. The molecule has 0 aliphatic heterocycles. The zero-order chi connectivity index (χ0) is 19.0. The largest absolute Gasteiger partial charge is 0.399 e. The molecule has 0 amide bonds. The summed E-state index contributed by atoms with van der Waals surface area (Å²) in [5.74, 6) is 0.544. The van der Waals surface area contributed by atoms with Gasteiger partial charge in [-0.2, -0.15) is 0 Å². The SMILES string of the molecule is Nc1cc(NS(=O)(=O)c2ccccc2)cc(-c2nc3ncc(Br)cc3[nH]2)c1. The molecule has 0 atom stereocenters. The number of hydrogen-bond donors (Lipinski definition) is 3. The molecule has 27 heavy (non-hydrogen) atoms. The number of H-pyrrole nitrogens is 1. The Hall–Kier alpha value is -2.91. The van der Waals surface area contributed by atoms with E-state index in [9.17, 15) is 8.42 Å². The Morgan fingerprint density at radius 2 is 1.85 bits per heavy atom. The number of nitrogens with zero attached hydrogens (tertiary/aromatic N) is 2. The first kappa shape index (κ1) is 17.5. The average Bonchev–Trinajstić information content (AvgIpc) is 3.05. The fraction of sp³-hybridized carbons (Fsp3) is 0. The van der Waals surface area contributed by atoms with Crippen molar-refractivity contribution in [2.75, 3.05) is 10.5 Å². The maximum absolute atomic E-state index is 12.5. The standard InChI is InChI=1S/C18H14BrN5O2S/c19-12-8-16-18(21-10-12)23-17(22-16)11-6-13(20)9-14(7-11)24-27(25,26)15-4-2-1-3-5-15/h1-10,24H,20H2,(H,21,22,23). The summed E-state index contributed by atoms with van der Waals surface area (Å²) >= 11 is 3.37. The lowest BCUT2D eigenvalue weighted by Crippen LogP contribution is -2.13. The van der Waals surface area contributed by atoms with E-state index in [0.717, 1.165) is 9.99 Å². The minimum Gasteiger partial charge on any atom is -0.399 e. The molecule has 0 unspecified atom stereocenters. The van der Waals surface area contributed by atoms with Crippen LogP contribution in [0.15, 0.2) is 70.2 Å². The van der Waals surface area contributed by atoms with Gasteiger partial charge in [0, 0.05) is 21.9 Å². The van der Waals surface area contributed by atoms with Gasteiger partial charge in [-0.1, -0.05) is 18.2 Å². The van der Waals surface area contributed by atoms with Crippen molar-refractivity contribution in [3.05, 3.63) is 65.3 Å². The number of hydrogen-bond acceptors (Lipinski definition) is 5. The average molecular weight is 444 g/mol. The van der Waals surface area contributed by atoms with E-state index < -0.39 is 10.0 Å². The second-order valence-corrected chi connectivity index (χ2v) is 8.47. The number of imidazole rings is 1. The summed E-state index contributed by atoms with van der Waals surface area (Å²) in [4.78, 5) is 12.0. The summed E-state index contributed by atoms with van der Waals surface area (Å²) < 4.78 is 28.5. The van der Waals surface area contributed by atoms with Crippen molar-refractivity contribution >= 4 is 48.5 Å². The van der Waals surface area contributed by atoms with Gasteiger partial charge in [0.25, 0.3) is 10.0 Å². The number of rotatable bonds is 4. The van der Waals surface area contributed by atoms with Gasteiger partial charge in [-0.15, -0.1) is 0 Å². The fourth-order valence-corrected chi connectivity index (χ4v) is 4.07. The van der Waals surface area contributed by atoms with Crippen molar-refractivity contribution in [3.8, 4) is 11.4 Å². The molecule has 0 spiro atoms. The molecular weight excluding hydrogens is 430 g/mol. The molecule has 0 fully saturated rings. The Kier molecular flexibility index (Phi) is 4.33. The molecule has 0 radical (unpaired) electrons. The van der Waals surface area contributed by atoms with Gasteiger partial charge in [-0.05, 0) is 52.3 Å². The number of nitrogen functional groups attached to an aromatic ring is 1. The minimum atomic E-state index is -3.71. The number of pyridine rings is 1. The van der Waals surface area contributed by atoms with Crippen LogP contribution in [-0.2, 0) is 10.0 Å². The van der Waals surface area contributed by atoms with Crippen LogP contribution >= 0.6 is 15.9 Å². The third-order valence-corrected chi connectivity index (χ3v) is 5.67. The number of halogens is 1. The first-order valence-corrected chi connectivity index (χ1v) is 10.2. The van der Waals surface area contributed by atoms with E-state index in [1.165, 1.54) is 12.1 Å². The number of fused-ring (bicyclic) bond motifs is 1. The Labute approximate surface area is 163 Å². The van der Waals surface area contributed by atoms with E-state index in [1.807, 2.05) is 6.07 Å². The Morgan fingerprint density at radius 1 is 1.07 bits per heavy atom. The van der Waals surface area contributed by atoms with E-state index in [0.29, 0.717) is 28.4 Å². The highest BCUT2D eigenvalue weighted by Crippen LogP contribution is 2.27. The molecule has 4 N–H and O–H groups in total. The van der Waals surface area contributed by atoms with E-state index in [2.05, 4.69) is 35.6 Å². The number of aromatic amines is 1. The van der Waals surface area contributed by atoms with Gasteiger partial charge in [0.2, 0.25) is 0 Å². The third-order valence-electron chi connectivity index (χ3n) is 3.84. The summed E-state index contributed by atoms with van der Waals surface area (Å²) in [5, 5.41) is 0. The van der Waals surface area contributed by atoms with Crippen molar-refractivity contribution < 1.29 is 8.42 Å². The summed E-state index contributed by atoms with van der Waals surface area (Å²) in [6.07, 6.45) is 1.66. The molecular formula is C18H14BrN5O2S. The first-order valence-electron chi connectivity index (χ1n) is 7.91. The monoisotopic (exact) mass is 443 g/mol. The number of nitrogens with two attached hydrogens (primary N) is 1. The van der Waals surface area contributed by atoms with E-state index in [-0.39, 0.29) is 4.90 Å². The summed E-state index contributed by atoms with van der Waals surface area (Å²) in [6.45, 7) is 0. The zero-order valence-electron chi connectivity index (χ0n) is 13.8. The molecule has 4 rings (SSSR count). The highest BCUT2D eigenvalue weighted by Gasteiger charge is 2.15. The van der Waals surface area contributed by atoms with Crippen molar-refractivity contribution in [1.82, 2.24) is 15.0 Å². The minimum absolute atomic E-state index is 0.173. The number of anilines is 2. The van der Waals surface area contributed by atoms with Gasteiger partial charge in [0.15, 0.2) is 5.65 Å². The first-order chi connectivity index (χ1) is 12.9. The summed E-state index contributed by atoms with van der Waals surface area (Å²) in [6, 6.07) is 14.9. The second kappa shape index (κ2) is 6.67. The van der Waals surface area contributed by atoms with Gasteiger partial charge in [0.1, 0.15) is 5.82 Å². The van der Waals surface area contributed by atoms with Gasteiger partial charge in [-0.25, -0.2) is 18.4 Å². The van der Waals surface area contributed by atoms with Crippen molar-refractivity contribution in [2.45, 2.75) is 4.90 Å². The van der Waals surface area contributed by atoms with Crippen molar-refractivity contribution in [2.24, 2.45) is 0 Å². The number of benzene rings is 2. The summed E-state index contributed by atoms with van der Waals surface area (Å²) in [5.41, 5.74) is 8.70. The molecule has 0 aliphatic rings. The van der Waals surface area contributed by atoms with Gasteiger partial charge < -0.3 is 10.7 Å². The van der Waals surface area contributed by atoms with Gasteiger partial charge in [0.05, 0.1) is 16.1 Å². The Bertz CT molecular complexity index is 1240. The van der Waals surface area contributed by atoms with E-state index in [1.54, 1.807) is 42.6 Å². The van der Waals surface area contributed by atoms with Crippen LogP contribution in [0.2, 0.25) is 0 Å². The molecule has 2 aromatic carbocycles. The quantitative estimate of drug-likeness (QED) is 0.415. The van der Waals surface area contributed by atoms with Crippen molar-refractivity contribution in [1.29, 1.82) is 0 Å². The smallest absolute Gasteiger partial charge is 0.261 e. The number of sulfonamides is 1. The Balaban J connectivity index is 1.73. The number of aromatic nitrogens is 3. The van der Waals surface area contributed by atoms with Crippen LogP contribution in [0.1, 0.15) is 0 Å². The molecule has 136 valence electrons. The molecule has 4 aromatic rings. The lowest BCUT2D eigenvalue weighted by atomic mass is 10.1. The topological polar surface area (TPSA) is 114 Å². The van der Waals surface area contributed by atoms with Gasteiger partial charge >= 0.3 is 0 Å². The molecule has 0 saturated carbocycles. The van der Waals surface area contributed by atoms with Crippen LogP contribution in [-0.4, -0.2) is 23.4 Å². The molecule has 0 saturated heterocycles. The maximum atomic E-state index is 12.5. The molecule has 2 heterocycles. The second-order valence-electron chi connectivity index (χ2n) is 5.87. The predicted octanol–water partition coefficient (Wildman–Crippen LogP) is 3.77. The van der Waals surface area contributed by atoms with E-state index in [4.69, 9.17) is 5.73 Å². The molecule has 0 bridgehead atoms. The lowest BCUT2D eigenvalue weighted by Gasteiger charge is -2.10. The van der Waals surface area contributed by atoms with Crippen LogP contribution in [0.4, 0.5) is 11.4 Å². The highest BCUT2D eigenvalue weighted by molar-refractivity contribution is 9.10. The van der Waals surface area contributed by atoms with Gasteiger partial charge in [-0.3, -0.25) is 4.72 Å². The molecule has 0 aliphatic carbocycles. The summed E-state index contributed by atoms with van der Waals surface area (Å²) in [7, 11) is -3.71. The van der Waals surface area contributed by atoms with Crippen LogP contribution in [0.25, 0.3) is 22.6 Å². The normalized spacial score (nSPS) is 11.6. The predicted molar refractivity (Wildman–Crippen MR) is 109 cm³/mol. The van der Waals surface area contributed by atoms with E-state index >= 15 is 0 Å². The number of nitrogens with one attached hydrogen (secondary N) is 2. The molecule has 2 aromatic heterocycles.